The number of ether oxygens (including phenoxy) is 1. The van der Waals surface area contributed by atoms with Crippen LogP contribution in [0.15, 0.2) is 29.1 Å². The number of piperidine rings is 1. The first-order valence-corrected chi connectivity index (χ1v) is 15.0. The Bertz CT molecular complexity index is 1320. The minimum Gasteiger partial charge on any atom is -0.466 e. The van der Waals surface area contributed by atoms with E-state index in [0.717, 1.165) is 35.3 Å². The van der Waals surface area contributed by atoms with Gasteiger partial charge in [0.1, 0.15) is 5.69 Å². The molecule has 3 unspecified atom stereocenters. The number of benzene rings is 1. The number of nitrogens with zero attached hydrogens (tertiary/aromatic N) is 3. The Morgan fingerprint density at radius 1 is 1.03 bits per heavy atom. The first-order chi connectivity index (χ1) is 18.5. The van der Waals surface area contributed by atoms with E-state index in [0.29, 0.717) is 18.7 Å². The van der Waals surface area contributed by atoms with Gasteiger partial charge in [-0.15, -0.1) is 0 Å². The smallest absolute Gasteiger partial charge is 0.306 e. The van der Waals surface area contributed by atoms with E-state index in [-0.39, 0.29) is 47.2 Å². The van der Waals surface area contributed by atoms with Crippen molar-refractivity contribution >= 4 is 22.7 Å². The third kappa shape index (κ3) is 3.56. The molecule has 7 heteroatoms. The molecule has 0 radical (unpaired) electrons. The Kier molecular flexibility index (Phi) is 5.99. The van der Waals surface area contributed by atoms with Crippen LogP contribution in [0.3, 0.4) is 0 Å². The van der Waals surface area contributed by atoms with E-state index < -0.39 is 0 Å². The van der Waals surface area contributed by atoms with Crippen LogP contribution in [0.4, 0.5) is 0 Å². The van der Waals surface area contributed by atoms with Gasteiger partial charge in [-0.2, -0.15) is 0 Å². The summed E-state index contributed by atoms with van der Waals surface area (Å²) in [6, 6.07) is 9.97. The van der Waals surface area contributed by atoms with Crippen molar-refractivity contribution in [2.45, 2.75) is 108 Å². The summed E-state index contributed by atoms with van der Waals surface area (Å²) in [5.41, 5.74) is 1.99. The van der Waals surface area contributed by atoms with Crippen molar-refractivity contribution in [3.05, 3.63) is 40.3 Å². The highest BCUT2D eigenvalue weighted by Crippen LogP contribution is 2.71. The summed E-state index contributed by atoms with van der Waals surface area (Å²) in [7, 11) is 0. The molecule has 7 nitrogen and oxygen atoms in total. The Hall–Kier alpha value is -2.54. The maximum absolute atomic E-state index is 14.0. The molecule has 6 atom stereocenters. The van der Waals surface area contributed by atoms with Gasteiger partial charge in [0.25, 0.3) is 5.56 Å². The summed E-state index contributed by atoms with van der Waals surface area (Å²) in [5, 5.41) is 8.67. The Morgan fingerprint density at radius 2 is 1.82 bits per heavy atom. The fourth-order valence-electron chi connectivity index (χ4n) is 9.52. The normalized spacial score (nSPS) is 35.6. The van der Waals surface area contributed by atoms with Gasteiger partial charge in [0, 0.05) is 36.0 Å². The molecule has 0 amide bonds. The Morgan fingerprint density at radius 3 is 2.61 bits per heavy atom. The molecule has 202 valence electrons. The summed E-state index contributed by atoms with van der Waals surface area (Å²) < 4.78 is 7.05. The van der Waals surface area contributed by atoms with Crippen LogP contribution in [0, 0.1) is 22.7 Å². The molecule has 1 N–H and O–H groups in total. The van der Waals surface area contributed by atoms with E-state index in [9.17, 15) is 9.59 Å². The molecular formula is C31H40N4O3. The number of fused-ring (bicyclic) bond motifs is 3. The SMILES string of the molecule is CCOC(=O)CCC(=N)c1nc2ccccc2n([C@@H]2C[C@H]3N(C4CC5CCCC(C5)C4)[C@@H]4CCCC432)c1=O. The van der Waals surface area contributed by atoms with Crippen molar-refractivity contribution in [1.82, 2.24) is 14.5 Å². The maximum atomic E-state index is 14.0. The number of hydrogen-bond donors (Lipinski definition) is 1. The molecule has 2 bridgehead atoms. The number of para-hydroxylation sites is 2. The average molecular weight is 517 g/mol. The van der Waals surface area contributed by atoms with Crippen molar-refractivity contribution in [2.24, 2.45) is 17.3 Å². The van der Waals surface area contributed by atoms with Gasteiger partial charge in [-0.3, -0.25) is 14.5 Å². The second-order valence-electron chi connectivity index (χ2n) is 12.7. The number of esters is 1. The lowest BCUT2D eigenvalue weighted by Crippen LogP contribution is -2.81. The molecule has 5 aliphatic rings. The van der Waals surface area contributed by atoms with Crippen LogP contribution in [-0.4, -0.2) is 50.9 Å². The van der Waals surface area contributed by atoms with E-state index >= 15 is 0 Å². The van der Waals surface area contributed by atoms with E-state index in [1.54, 1.807) is 6.92 Å². The molecule has 1 aliphatic heterocycles. The zero-order chi connectivity index (χ0) is 26.0. The lowest BCUT2D eigenvalue weighted by Gasteiger charge is -2.74. The molecule has 1 spiro atoms. The zero-order valence-corrected chi connectivity index (χ0v) is 22.5. The predicted molar refractivity (Wildman–Crippen MR) is 147 cm³/mol. The van der Waals surface area contributed by atoms with E-state index in [2.05, 4.69) is 9.88 Å². The minimum atomic E-state index is -0.339. The summed E-state index contributed by atoms with van der Waals surface area (Å²) in [6.45, 7) is 2.09. The molecule has 1 aromatic heterocycles. The van der Waals surface area contributed by atoms with Gasteiger partial charge in [-0.1, -0.05) is 37.8 Å². The van der Waals surface area contributed by atoms with Crippen LogP contribution in [0.2, 0.25) is 0 Å². The number of hydrogen-bond acceptors (Lipinski definition) is 6. The third-order valence-electron chi connectivity index (χ3n) is 10.9. The number of rotatable bonds is 7. The number of nitrogens with one attached hydrogen (secondary N) is 1. The Balaban J connectivity index is 1.20. The highest BCUT2D eigenvalue weighted by atomic mass is 16.5. The molecule has 38 heavy (non-hydrogen) atoms. The van der Waals surface area contributed by atoms with Crippen LogP contribution in [-0.2, 0) is 9.53 Å². The van der Waals surface area contributed by atoms with Crippen molar-refractivity contribution in [3.8, 4) is 0 Å². The van der Waals surface area contributed by atoms with Crippen molar-refractivity contribution in [3.63, 3.8) is 0 Å². The summed E-state index contributed by atoms with van der Waals surface area (Å²) in [6.07, 6.45) is 13.5. The van der Waals surface area contributed by atoms with Gasteiger partial charge in [-0.05, 0) is 69.4 Å². The van der Waals surface area contributed by atoms with Crippen LogP contribution in [0.5, 0.6) is 0 Å². The summed E-state index contributed by atoms with van der Waals surface area (Å²) >= 11 is 0. The minimum absolute atomic E-state index is 0.0937. The topological polar surface area (TPSA) is 88.3 Å². The van der Waals surface area contributed by atoms with Gasteiger partial charge in [0.05, 0.1) is 29.8 Å². The van der Waals surface area contributed by atoms with Crippen LogP contribution >= 0.6 is 0 Å². The molecule has 1 saturated heterocycles. The summed E-state index contributed by atoms with van der Waals surface area (Å²) in [5.74, 6) is 1.51. The van der Waals surface area contributed by atoms with Crippen molar-refractivity contribution in [2.75, 3.05) is 6.61 Å². The highest BCUT2D eigenvalue weighted by Gasteiger charge is 2.74. The van der Waals surface area contributed by atoms with Crippen LogP contribution in [0.25, 0.3) is 11.0 Å². The van der Waals surface area contributed by atoms with E-state index in [4.69, 9.17) is 10.1 Å². The van der Waals surface area contributed by atoms with Gasteiger partial charge in [0.15, 0.2) is 0 Å². The second kappa shape index (κ2) is 9.29. The number of likely N-dealkylation sites (tertiary alicyclic amines) is 1. The van der Waals surface area contributed by atoms with E-state index in [1.807, 2.05) is 28.8 Å². The average Bonchev–Trinajstić information content (AvgIpc) is 3.33. The number of aromatic nitrogens is 2. The number of carbonyl (C=O) groups is 1. The summed E-state index contributed by atoms with van der Waals surface area (Å²) in [4.78, 5) is 33.5. The molecule has 5 fully saturated rings. The largest absolute Gasteiger partial charge is 0.466 e. The molecule has 2 heterocycles. The quantitative estimate of drug-likeness (QED) is 0.401. The maximum Gasteiger partial charge on any atom is 0.306 e. The van der Waals surface area contributed by atoms with Crippen LogP contribution in [0.1, 0.15) is 95.7 Å². The fourth-order valence-corrected chi connectivity index (χ4v) is 9.52. The molecule has 2 aromatic rings. The van der Waals surface area contributed by atoms with Crippen molar-refractivity contribution in [1.29, 1.82) is 5.41 Å². The van der Waals surface area contributed by atoms with Gasteiger partial charge >= 0.3 is 5.97 Å². The molecular weight excluding hydrogens is 476 g/mol. The second-order valence-corrected chi connectivity index (χ2v) is 12.7. The standard InChI is InChI=1S/C31H40N4O3/c1-2-38-28(36)13-12-22(32)29-30(37)35(24-10-4-3-9-23(24)33-29)27-18-26-31(27)14-6-11-25(31)34(26)21-16-19-7-5-8-20(15-19)17-21/h3-4,9-10,19-21,25-27,32H,2,5-8,11-18H2,1H3/t19?,20?,21?,25-,26-,27-,31?/m1/s1. The molecule has 4 aliphatic carbocycles. The molecule has 4 saturated carbocycles. The Labute approximate surface area is 224 Å². The monoisotopic (exact) mass is 516 g/mol. The predicted octanol–water partition coefficient (Wildman–Crippen LogP) is 5.24. The fraction of sp³-hybridized carbons (Fsp3) is 0.677. The lowest BCUT2D eigenvalue weighted by atomic mass is 9.49. The van der Waals surface area contributed by atoms with Gasteiger partial charge in [-0.25, -0.2) is 4.98 Å². The lowest BCUT2D eigenvalue weighted by molar-refractivity contribution is -0.246. The third-order valence-corrected chi connectivity index (χ3v) is 10.9. The van der Waals surface area contributed by atoms with Crippen LogP contribution < -0.4 is 5.56 Å². The van der Waals surface area contributed by atoms with Gasteiger partial charge < -0.3 is 14.7 Å². The van der Waals surface area contributed by atoms with Gasteiger partial charge in [0.2, 0.25) is 0 Å². The molecule has 1 aromatic carbocycles. The van der Waals surface area contributed by atoms with Crippen molar-refractivity contribution < 1.29 is 9.53 Å². The first-order valence-electron chi connectivity index (χ1n) is 15.0. The first kappa shape index (κ1) is 24.5. The molecule has 7 rings (SSSR count). The highest BCUT2D eigenvalue weighted by molar-refractivity contribution is 5.99. The van der Waals surface area contributed by atoms with E-state index in [1.165, 1.54) is 57.8 Å². The number of carbonyl (C=O) groups excluding carboxylic acids is 1. The zero-order valence-electron chi connectivity index (χ0n) is 22.5.